The van der Waals surface area contributed by atoms with Crippen LogP contribution < -0.4 is 5.32 Å². The Balaban J connectivity index is 2.66. The van der Waals surface area contributed by atoms with Crippen LogP contribution in [0.3, 0.4) is 0 Å². The first-order valence-corrected chi connectivity index (χ1v) is 6.89. The molecule has 0 aromatic carbocycles. The van der Waals surface area contributed by atoms with Gasteiger partial charge in [-0.1, -0.05) is 19.9 Å². The normalized spacial score (nSPS) is 14.8. The van der Waals surface area contributed by atoms with Crippen molar-refractivity contribution >= 4 is 0 Å². The Bertz CT molecular complexity index is 351. The molecule has 2 atom stereocenters. The smallest absolute Gasteiger partial charge is 0.0547 e. The van der Waals surface area contributed by atoms with Gasteiger partial charge in [-0.05, 0) is 52.0 Å². The lowest BCUT2D eigenvalue weighted by molar-refractivity contribution is 0.159. The molecule has 0 aliphatic carbocycles. The standard InChI is InChI=1S/C15H27N3/c1-6-18(14(4)12(2)10-16-5)11-15-9-7-8-13(3)17-15/h7-9,12,14,16H,6,10-11H2,1-5H3. The maximum atomic E-state index is 4.59. The van der Waals surface area contributed by atoms with Gasteiger partial charge in [-0.15, -0.1) is 0 Å². The molecule has 102 valence electrons. The van der Waals surface area contributed by atoms with E-state index in [4.69, 9.17) is 0 Å². The molecular formula is C15H27N3. The highest BCUT2D eigenvalue weighted by Gasteiger charge is 2.18. The second kappa shape index (κ2) is 7.49. The van der Waals surface area contributed by atoms with Crippen LogP contribution in [0.5, 0.6) is 0 Å². The molecule has 1 heterocycles. The van der Waals surface area contributed by atoms with E-state index < -0.39 is 0 Å². The van der Waals surface area contributed by atoms with Gasteiger partial charge >= 0.3 is 0 Å². The monoisotopic (exact) mass is 249 g/mol. The van der Waals surface area contributed by atoms with E-state index in [9.17, 15) is 0 Å². The number of pyridine rings is 1. The van der Waals surface area contributed by atoms with Crippen molar-refractivity contribution < 1.29 is 0 Å². The largest absolute Gasteiger partial charge is 0.319 e. The van der Waals surface area contributed by atoms with Crippen molar-refractivity contribution in [2.24, 2.45) is 5.92 Å². The van der Waals surface area contributed by atoms with Gasteiger partial charge in [-0.2, -0.15) is 0 Å². The van der Waals surface area contributed by atoms with Gasteiger partial charge in [0.25, 0.3) is 0 Å². The summed E-state index contributed by atoms with van der Waals surface area (Å²) < 4.78 is 0. The lowest BCUT2D eigenvalue weighted by Gasteiger charge is -2.32. The highest BCUT2D eigenvalue weighted by molar-refractivity contribution is 5.09. The van der Waals surface area contributed by atoms with Crippen LogP contribution >= 0.6 is 0 Å². The van der Waals surface area contributed by atoms with Crippen LogP contribution in [0.25, 0.3) is 0 Å². The number of hydrogen-bond acceptors (Lipinski definition) is 3. The first-order chi connectivity index (χ1) is 8.58. The molecule has 3 heteroatoms. The van der Waals surface area contributed by atoms with Gasteiger partial charge in [0.2, 0.25) is 0 Å². The molecule has 2 unspecified atom stereocenters. The lowest BCUT2D eigenvalue weighted by Crippen LogP contribution is -2.40. The van der Waals surface area contributed by atoms with Gasteiger partial charge < -0.3 is 5.32 Å². The molecule has 1 aromatic heterocycles. The lowest BCUT2D eigenvalue weighted by atomic mass is 10.0. The Labute approximate surface area is 112 Å². The number of hydrogen-bond donors (Lipinski definition) is 1. The van der Waals surface area contributed by atoms with Gasteiger partial charge in [0.15, 0.2) is 0 Å². The summed E-state index contributed by atoms with van der Waals surface area (Å²) in [6.45, 7) is 11.9. The van der Waals surface area contributed by atoms with Crippen molar-refractivity contribution in [1.82, 2.24) is 15.2 Å². The molecule has 1 aromatic rings. The zero-order valence-corrected chi connectivity index (χ0v) is 12.4. The zero-order valence-electron chi connectivity index (χ0n) is 12.4. The molecule has 0 aliphatic rings. The van der Waals surface area contributed by atoms with Gasteiger partial charge in [0, 0.05) is 18.3 Å². The molecule has 0 radical (unpaired) electrons. The van der Waals surface area contributed by atoms with Crippen LogP contribution in [0, 0.1) is 12.8 Å². The van der Waals surface area contributed by atoms with Gasteiger partial charge in [-0.3, -0.25) is 9.88 Å². The van der Waals surface area contributed by atoms with Gasteiger partial charge in [0.1, 0.15) is 0 Å². The molecule has 0 fully saturated rings. The van der Waals surface area contributed by atoms with Crippen molar-refractivity contribution in [3.05, 3.63) is 29.6 Å². The van der Waals surface area contributed by atoms with E-state index in [1.807, 2.05) is 20.0 Å². The maximum absolute atomic E-state index is 4.59. The van der Waals surface area contributed by atoms with E-state index in [0.29, 0.717) is 12.0 Å². The van der Waals surface area contributed by atoms with Crippen molar-refractivity contribution in [2.75, 3.05) is 20.1 Å². The SMILES string of the molecule is CCN(Cc1cccc(C)n1)C(C)C(C)CNC. The fourth-order valence-corrected chi connectivity index (χ4v) is 2.29. The first kappa shape index (κ1) is 15.1. The minimum absolute atomic E-state index is 0.560. The van der Waals surface area contributed by atoms with Crippen molar-refractivity contribution in [3.8, 4) is 0 Å². The summed E-state index contributed by atoms with van der Waals surface area (Å²) >= 11 is 0. The second-order valence-electron chi connectivity index (χ2n) is 5.11. The quantitative estimate of drug-likeness (QED) is 0.804. The minimum Gasteiger partial charge on any atom is -0.319 e. The minimum atomic E-state index is 0.560. The predicted molar refractivity (Wildman–Crippen MR) is 77.6 cm³/mol. The van der Waals surface area contributed by atoms with Crippen molar-refractivity contribution in [2.45, 2.75) is 40.3 Å². The average molecular weight is 249 g/mol. The molecule has 1 N–H and O–H groups in total. The number of aryl methyl sites for hydroxylation is 1. The Morgan fingerprint density at radius 2 is 2.06 bits per heavy atom. The zero-order chi connectivity index (χ0) is 13.5. The Kier molecular flexibility index (Phi) is 6.30. The molecule has 0 bridgehead atoms. The predicted octanol–water partition coefficient (Wildman–Crippen LogP) is 2.46. The van der Waals surface area contributed by atoms with Gasteiger partial charge in [0.05, 0.1) is 5.69 Å². The van der Waals surface area contributed by atoms with Crippen LogP contribution in [-0.2, 0) is 6.54 Å². The van der Waals surface area contributed by atoms with E-state index in [0.717, 1.165) is 25.3 Å². The third-order valence-electron chi connectivity index (χ3n) is 3.64. The van der Waals surface area contributed by atoms with Crippen LogP contribution in [0.1, 0.15) is 32.2 Å². The molecule has 18 heavy (non-hydrogen) atoms. The fourth-order valence-electron chi connectivity index (χ4n) is 2.29. The molecular weight excluding hydrogens is 222 g/mol. The summed E-state index contributed by atoms with van der Waals surface area (Å²) in [5.74, 6) is 0.639. The maximum Gasteiger partial charge on any atom is 0.0547 e. The Hall–Kier alpha value is -0.930. The van der Waals surface area contributed by atoms with Crippen molar-refractivity contribution in [3.63, 3.8) is 0 Å². The third-order valence-corrected chi connectivity index (χ3v) is 3.64. The second-order valence-corrected chi connectivity index (χ2v) is 5.11. The third kappa shape index (κ3) is 4.39. The number of aromatic nitrogens is 1. The molecule has 0 aliphatic heterocycles. The fraction of sp³-hybridized carbons (Fsp3) is 0.667. The van der Waals surface area contributed by atoms with Crippen LogP contribution in [0.4, 0.5) is 0 Å². The van der Waals surface area contributed by atoms with Gasteiger partial charge in [-0.25, -0.2) is 0 Å². The summed E-state index contributed by atoms with van der Waals surface area (Å²) in [6.07, 6.45) is 0. The summed E-state index contributed by atoms with van der Waals surface area (Å²) in [5, 5.41) is 3.26. The summed E-state index contributed by atoms with van der Waals surface area (Å²) in [7, 11) is 2.02. The molecule has 0 saturated carbocycles. The summed E-state index contributed by atoms with van der Waals surface area (Å²) in [5.41, 5.74) is 2.26. The number of nitrogens with zero attached hydrogens (tertiary/aromatic N) is 2. The first-order valence-electron chi connectivity index (χ1n) is 6.89. The number of nitrogens with one attached hydrogen (secondary N) is 1. The molecule has 0 spiro atoms. The van der Waals surface area contributed by atoms with Crippen LogP contribution in [0.15, 0.2) is 18.2 Å². The topological polar surface area (TPSA) is 28.2 Å². The van der Waals surface area contributed by atoms with E-state index in [-0.39, 0.29) is 0 Å². The van der Waals surface area contributed by atoms with E-state index >= 15 is 0 Å². The van der Waals surface area contributed by atoms with E-state index in [1.165, 1.54) is 5.69 Å². The molecule has 0 saturated heterocycles. The molecule has 0 amide bonds. The van der Waals surface area contributed by atoms with E-state index in [1.54, 1.807) is 0 Å². The number of rotatable bonds is 7. The van der Waals surface area contributed by atoms with Crippen molar-refractivity contribution in [1.29, 1.82) is 0 Å². The molecule has 3 nitrogen and oxygen atoms in total. The van der Waals surface area contributed by atoms with Crippen LogP contribution in [0.2, 0.25) is 0 Å². The average Bonchev–Trinajstić information content (AvgIpc) is 2.35. The Morgan fingerprint density at radius 3 is 2.61 bits per heavy atom. The van der Waals surface area contributed by atoms with E-state index in [2.05, 4.69) is 48.1 Å². The summed E-state index contributed by atoms with van der Waals surface area (Å²) in [4.78, 5) is 7.08. The highest BCUT2D eigenvalue weighted by Crippen LogP contribution is 2.13. The Morgan fingerprint density at radius 1 is 1.33 bits per heavy atom. The molecule has 1 rings (SSSR count). The van der Waals surface area contributed by atoms with Crippen LogP contribution in [-0.4, -0.2) is 36.1 Å². The summed E-state index contributed by atoms with van der Waals surface area (Å²) in [6, 6.07) is 6.82. The highest BCUT2D eigenvalue weighted by atomic mass is 15.2.